The van der Waals surface area contributed by atoms with Gasteiger partial charge in [-0.25, -0.2) is 13.2 Å². The van der Waals surface area contributed by atoms with E-state index in [9.17, 15) is 0 Å². The van der Waals surface area contributed by atoms with Gasteiger partial charge in [-0.3, -0.25) is 6.32 Å². The van der Waals surface area contributed by atoms with E-state index in [-0.39, 0.29) is 16.7 Å². The van der Waals surface area contributed by atoms with Crippen LogP contribution in [0.25, 0.3) is 0 Å². The molecule has 0 aromatic heterocycles. The normalized spacial score (nSPS) is 11.7. The zero-order chi connectivity index (χ0) is 27.3. The van der Waals surface area contributed by atoms with Crippen LogP contribution in [0, 0.1) is 17.5 Å². The molecule has 0 atom stereocenters. The van der Waals surface area contributed by atoms with Crippen LogP contribution in [0.4, 0.5) is 13.2 Å². The van der Waals surface area contributed by atoms with Crippen molar-refractivity contribution in [3.05, 3.63) is 107 Å². The Balaban J connectivity index is 0.000000458. The number of benzene rings is 3. The van der Waals surface area contributed by atoms with Gasteiger partial charge in [0.2, 0.25) is 0 Å². The van der Waals surface area contributed by atoms with Crippen LogP contribution in [0.3, 0.4) is 0 Å². The molecule has 1 nitrogen and oxygen atoms in total. The van der Waals surface area contributed by atoms with Gasteiger partial charge in [-0.2, -0.15) is 0 Å². The number of nitrogens with zero attached hydrogens (tertiary/aromatic N) is 1. The fraction of sp³-hybridized carbons (Fsp3) is 0.438. The minimum Gasteiger partial charge on any atom is -0.626 e. The number of quaternary nitrogens is 1. The molecule has 0 heterocycles. The maximum Gasteiger partial charge on any atom is 0.127 e. The molecule has 0 unspecified atom stereocenters. The molecule has 0 bridgehead atoms. The summed E-state index contributed by atoms with van der Waals surface area (Å²) in [6, 6.07) is 18.7. The molecule has 5 heteroatoms. The fourth-order valence-corrected chi connectivity index (χ4v) is 5.31. The summed E-state index contributed by atoms with van der Waals surface area (Å²) in [5.41, 5.74) is -0.440. The summed E-state index contributed by atoms with van der Waals surface area (Å²) < 4.78 is 46.4. The SMILES string of the molecule is CC[N+](CC)(CC)CC.[B-]CCCCCC(c1ccccc1F)(c1ccccc1F)c1ccccc1F. The lowest BCUT2D eigenvalue weighted by atomic mass is 9.66. The molecule has 0 aliphatic rings. The number of hydrogen-bond acceptors (Lipinski definition) is 0. The van der Waals surface area contributed by atoms with Gasteiger partial charge < -0.3 is 12.3 Å². The van der Waals surface area contributed by atoms with Gasteiger partial charge in [0.25, 0.3) is 0 Å². The molecule has 0 saturated heterocycles. The molecule has 3 rings (SSSR count). The Hall–Kier alpha value is -2.53. The van der Waals surface area contributed by atoms with Gasteiger partial charge in [0.1, 0.15) is 17.5 Å². The van der Waals surface area contributed by atoms with E-state index < -0.39 is 22.9 Å². The third kappa shape index (κ3) is 7.28. The van der Waals surface area contributed by atoms with Crippen LogP contribution in [0.15, 0.2) is 72.8 Å². The summed E-state index contributed by atoms with van der Waals surface area (Å²) >= 11 is 0. The Morgan fingerprint density at radius 3 is 1.19 bits per heavy atom. The first-order chi connectivity index (χ1) is 17.9. The molecule has 3 aromatic carbocycles. The number of hydrogen-bond donors (Lipinski definition) is 0. The minimum absolute atomic E-state index is 0.276. The Morgan fingerprint density at radius 1 is 0.568 bits per heavy atom. The molecule has 0 spiro atoms. The van der Waals surface area contributed by atoms with Crippen molar-refractivity contribution in [3.63, 3.8) is 0 Å². The van der Waals surface area contributed by atoms with Gasteiger partial charge in [0, 0.05) is 16.7 Å². The van der Waals surface area contributed by atoms with Gasteiger partial charge >= 0.3 is 0 Å². The highest BCUT2D eigenvalue weighted by atomic mass is 19.1. The summed E-state index contributed by atoms with van der Waals surface area (Å²) in [4.78, 5) is 0. The molecule has 0 amide bonds. The van der Waals surface area contributed by atoms with Crippen molar-refractivity contribution in [2.75, 3.05) is 26.2 Å². The van der Waals surface area contributed by atoms with Crippen LogP contribution in [0.5, 0.6) is 0 Å². The Labute approximate surface area is 223 Å². The summed E-state index contributed by atoms with van der Waals surface area (Å²) in [7, 11) is 5.60. The third-order valence-corrected chi connectivity index (χ3v) is 7.94. The zero-order valence-corrected chi connectivity index (χ0v) is 23.0. The number of halogens is 3. The highest BCUT2D eigenvalue weighted by molar-refractivity contribution is 6.08. The summed E-state index contributed by atoms with van der Waals surface area (Å²) in [6.45, 7) is 14.2. The third-order valence-electron chi connectivity index (χ3n) is 7.94. The maximum atomic E-state index is 15.0. The average molecular weight is 509 g/mol. The molecule has 0 aliphatic heterocycles. The van der Waals surface area contributed by atoms with Crippen LogP contribution in [0.1, 0.15) is 70.1 Å². The lowest BCUT2D eigenvalue weighted by Crippen LogP contribution is -2.47. The van der Waals surface area contributed by atoms with Crippen LogP contribution in [0.2, 0.25) is 6.32 Å². The van der Waals surface area contributed by atoms with E-state index in [0.29, 0.717) is 19.2 Å². The molecule has 3 radical (unpaired) electrons. The first kappa shape index (κ1) is 30.7. The monoisotopic (exact) mass is 508 g/mol. The van der Waals surface area contributed by atoms with E-state index in [1.54, 1.807) is 54.6 Å². The fourth-order valence-electron chi connectivity index (χ4n) is 5.31. The smallest absolute Gasteiger partial charge is 0.127 e. The van der Waals surface area contributed by atoms with Crippen LogP contribution >= 0.6 is 0 Å². The first-order valence-corrected chi connectivity index (χ1v) is 13.7. The molecule has 3 aromatic rings. The standard InChI is InChI=1S/C24H22BF3.C8H20N/c25-17-9-1-8-16-24(18-10-2-5-13-21(18)26,19-11-3-6-14-22(19)27)20-12-4-7-15-23(20)28;1-5-9(6-2,7-3)8-4/h2-7,10-15H,1,8-9,16-17H2;5-8H2,1-4H3/q-1;+1. The lowest BCUT2D eigenvalue weighted by Gasteiger charge is -2.37. The Morgan fingerprint density at radius 2 is 0.919 bits per heavy atom. The van der Waals surface area contributed by atoms with Crippen LogP contribution < -0.4 is 0 Å². The Bertz CT molecular complexity index is 952. The molecular weight excluding hydrogens is 466 g/mol. The van der Waals surface area contributed by atoms with E-state index >= 15 is 13.2 Å². The van der Waals surface area contributed by atoms with Gasteiger partial charge in [0.15, 0.2) is 0 Å². The van der Waals surface area contributed by atoms with E-state index in [1.807, 2.05) is 0 Å². The first-order valence-electron chi connectivity index (χ1n) is 13.7. The molecule has 0 N–H and O–H groups in total. The number of unbranched alkanes of at least 4 members (excludes halogenated alkanes) is 2. The van der Waals surface area contributed by atoms with E-state index in [0.717, 1.165) is 12.8 Å². The highest BCUT2D eigenvalue weighted by Crippen LogP contribution is 2.46. The van der Waals surface area contributed by atoms with Gasteiger partial charge in [-0.1, -0.05) is 73.9 Å². The number of rotatable bonds is 12. The zero-order valence-electron chi connectivity index (χ0n) is 23.0. The summed E-state index contributed by atoms with van der Waals surface area (Å²) in [5.74, 6) is -1.44. The van der Waals surface area contributed by atoms with Crippen molar-refractivity contribution in [2.45, 2.75) is 65.1 Å². The Kier molecular flexibility index (Phi) is 12.5. The largest absolute Gasteiger partial charge is 0.626 e. The van der Waals surface area contributed by atoms with E-state index in [4.69, 9.17) is 7.85 Å². The quantitative estimate of drug-likeness (QED) is 0.0996. The van der Waals surface area contributed by atoms with Gasteiger partial charge in [0.05, 0.1) is 31.6 Å². The van der Waals surface area contributed by atoms with Crippen molar-refractivity contribution in [3.8, 4) is 0 Å². The lowest BCUT2D eigenvalue weighted by molar-refractivity contribution is -0.921. The van der Waals surface area contributed by atoms with Crippen molar-refractivity contribution >= 4 is 7.85 Å². The average Bonchev–Trinajstić information content (AvgIpc) is 2.93. The maximum absolute atomic E-state index is 15.0. The molecular formula is C32H42BF3N. The molecule has 37 heavy (non-hydrogen) atoms. The topological polar surface area (TPSA) is 0 Å². The van der Waals surface area contributed by atoms with Crippen molar-refractivity contribution in [1.29, 1.82) is 0 Å². The highest BCUT2D eigenvalue weighted by Gasteiger charge is 2.41. The second-order valence-electron chi connectivity index (χ2n) is 9.55. The van der Waals surface area contributed by atoms with Crippen LogP contribution in [-0.2, 0) is 5.41 Å². The predicted octanol–water partition coefficient (Wildman–Crippen LogP) is 8.47. The van der Waals surface area contributed by atoms with Gasteiger partial charge in [-0.15, -0.1) is 0 Å². The minimum atomic E-state index is -1.27. The molecule has 199 valence electrons. The second kappa shape index (κ2) is 15.0. The second-order valence-corrected chi connectivity index (χ2v) is 9.55. The molecule has 0 saturated carbocycles. The van der Waals surface area contributed by atoms with Crippen molar-refractivity contribution in [1.82, 2.24) is 0 Å². The van der Waals surface area contributed by atoms with Crippen molar-refractivity contribution in [2.24, 2.45) is 0 Å². The van der Waals surface area contributed by atoms with Crippen molar-refractivity contribution < 1.29 is 17.7 Å². The summed E-state index contributed by atoms with van der Waals surface area (Å²) in [6.07, 6.45) is 3.19. The van der Waals surface area contributed by atoms with E-state index in [1.165, 1.54) is 48.9 Å². The van der Waals surface area contributed by atoms with Gasteiger partial charge in [-0.05, 0) is 52.3 Å². The molecule has 0 fully saturated rings. The van der Waals surface area contributed by atoms with E-state index in [2.05, 4.69) is 27.7 Å². The molecule has 0 aliphatic carbocycles. The van der Waals surface area contributed by atoms with Crippen LogP contribution in [-0.4, -0.2) is 38.5 Å². The summed E-state index contributed by atoms with van der Waals surface area (Å²) in [5, 5.41) is 0. The predicted molar refractivity (Wildman–Crippen MR) is 151 cm³/mol.